The van der Waals surface area contributed by atoms with Gasteiger partial charge in [-0.3, -0.25) is 9.52 Å². The van der Waals surface area contributed by atoms with E-state index in [0.29, 0.717) is 9.90 Å². The minimum atomic E-state index is -3.78. The molecule has 1 aromatic heterocycles. The second kappa shape index (κ2) is 5.78. The van der Waals surface area contributed by atoms with E-state index in [9.17, 15) is 13.2 Å². The summed E-state index contributed by atoms with van der Waals surface area (Å²) in [7, 11) is -3.78. The van der Waals surface area contributed by atoms with E-state index >= 15 is 0 Å². The molecule has 6 nitrogen and oxygen atoms in total. The largest absolute Gasteiger partial charge is 0.481 e. The van der Waals surface area contributed by atoms with Crippen LogP contribution in [0.2, 0.25) is 5.02 Å². The fourth-order valence-electron chi connectivity index (χ4n) is 1.39. The lowest BCUT2D eigenvalue weighted by Crippen LogP contribution is -2.12. The molecule has 1 heterocycles. The summed E-state index contributed by atoms with van der Waals surface area (Å²) in [5, 5.41) is 9.06. The molecule has 20 heavy (non-hydrogen) atoms. The first kappa shape index (κ1) is 14.8. The average Bonchev–Trinajstić information content (AvgIpc) is 2.74. The maximum atomic E-state index is 12.1. The van der Waals surface area contributed by atoms with Gasteiger partial charge in [0.1, 0.15) is 0 Å². The first-order valence-electron chi connectivity index (χ1n) is 5.32. The number of halogens is 1. The van der Waals surface area contributed by atoms with Gasteiger partial charge < -0.3 is 5.11 Å². The van der Waals surface area contributed by atoms with Gasteiger partial charge in [0.2, 0.25) is 0 Å². The quantitative estimate of drug-likeness (QED) is 0.875. The van der Waals surface area contributed by atoms with Gasteiger partial charge in [-0.05, 0) is 18.2 Å². The first-order chi connectivity index (χ1) is 9.37. The van der Waals surface area contributed by atoms with Crippen LogP contribution in [0.4, 0.5) is 5.13 Å². The Morgan fingerprint density at radius 3 is 2.85 bits per heavy atom. The lowest BCUT2D eigenvalue weighted by molar-refractivity contribution is -0.136. The van der Waals surface area contributed by atoms with E-state index in [0.717, 1.165) is 11.3 Å². The van der Waals surface area contributed by atoms with Crippen molar-refractivity contribution >= 4 is 44.1 Å². The molecular weight excluding hydrogens is 324 g/mol. The fraction of sp³-hybridized carbons (Fsp3) is 0.0909. The summed E-state index contributed by atoms with van der Waals surface area (Å²) in [5.74, 6) is -1.00. The number of carboxylic acids is 1. The highest BCUT2D eigenvalue weighted by molar-refractivity contribution is 7.93. The molecule has 0 amide bonds. The molecule has 2 aromatic rings. The van der Waals surface area contributed by atoms with Crippen molar-refractivity contribution in [3.63, 3.8) is 0 Å². The number of carbonyl (C=O) groups is 1. The molecule has 2 rings (SSSR count). The maximum absolute atomic E-state index is 12.1. The molecule has 9 heteroatoms. The van der Waals surface area contributed by atoms with Crippen LogP contribution in [0.25, 0.3) is 0 Å². The molecule has 0 atom stereocenters. The standard InChI is InChI=1S/C11H9ClN2O4S2/c12-7-2-1-3-9(4-7)20(17,18)14-11-13-6-8(19-11)5-10(15)16/h1-4,6H,5H2,(H,13,14)(H,15,16). The Hall–Kier alpha value is -1.64. The molecule has 0 aliphatic carbocycles. The zero-order valence-corrected chi connectivity index (χ0v) is 12.3. The second-order valence-electron chi connectivity index (χ2n) is 3.77. The highest BCUT2D eigenvalue weighted by atomic mass is 35.5. The number of aromatic nitrogens is 1. The van der Waals surface area contributed by atoms with Crippen molar-refractivity contribution in [1.82, 2.24) is 4.98 Å². The van der Waals surface area contributed by atoms with Crippen LogP contribution in [-0.2, 0) is 21.2 Å². The van der Waals surface area contributed by atoms with Crippen LogP contribution in [-0.4, -0.2) is 24.5 Å². The topological polar surface area (TPSA) is 96.4 Å². The van der Waals surface area contributed by atoms with Crippen molar-refractivity contribution in [2.45, 2.75) is 11.3 Å². The molecule has 0 unspecified atom stereocenters. The Kier molecular flexibility index (Phi) is 4.26. The van der Waals surface area contributed by atoms with Gasteiger partial charge >= 0.3 is 5.97 Å². The highest BCUT2D eigenvalue weighted by Crippen LogP contribution is 2.23. The second-order valence-corrected chi connectivity index (χ2v) is 7.00. The summed E-state index contributed by atoms with van der Waals surface area (Å²) in [4.78, 5) is 14.9. The fourth-order valence-corrected chi connectivity index (χ4v) is 3.74. The molecule has 0 aliphatic heterocycles. The number of hydrogen-bond donors (Lipinski definition) is 2. The van der Waals surface area contributed by atoms with Crippen molar-refractivity contribution in [2.75, 3.05) is 4.72 Å². The van der Waals surface area contributed by atoms with E-state index in [1.54, 1.807) is 6.07 Å². The summed E-state index contributed by atoms with van der Waals surface area (Å²) < 4.78 is 26.4. The number of sulfonamides is 1. The van der Waals surface area contributed by atoms with Gasteiger partial charge in [-0.2, -0.15) is 0 Å². The lowest BCUT2D eigenvalue weighted by atomic mass is 10.4. The van der Waals surface area contributed by atoms with Crippen LogP contribution in [0.15, 0.2) is 35.4 Å². The van der Waals surface area contributed by atoms with E-state index in [2.05, 4.69) is 9.71 Å². The first-order valence-corrected chi connectivity index (χ1v) is 7.99. The monoisotopic (exact) mass is 332 g/mol. The molecule has 0 saturated carbocycles. The Morgan fingerprint density at radius 1 is 1.45 bits per heavy atom. The van der Waals surface area contributed by atoms with Gasteiger partial charge in [0.15, 0.2) is 5.13 Å². The molecule has 0 aliphatic rings. The summed E-state index contributed by atoms with van der Waals surface area (Å²) in [6, 6.07) is 5.80. The van der Waals surface area contributed by atoms with Crippen molar-refractivity contribution in [2.24, 2.45) is 0 Å². The SMILES string of the molecule is O=C(O)Cc1cnc(NS(=O)(=O)c2cccc(Cl)c2)s1. The van der Waals surface area contributed by atoms with E-state index in [1.165, 1.54) is 24.4 Å². The zero-order valence-electron chi connectivity index (χ0n) is 9.91. The van der Waals surface area contributed by atoms with Gasteiger partial charge in [0.25, 0.3) is 10.0 Å². The van der Waals surface area contributed by atoms with Gasteiger partial charge in [-0.15, -0.1) is 11.3 Å². The summed E-state index contributed by atoms with van der Waals surface area (Å²) in [5.41, 5.74) is 0. The average molecular weight is 333 g/mol. The summed E-state index contributed by atoms with van der Waals surface area (Å²) in [6.45, 7) is 0. The number of hydrogen-bond acceptors (Lipinski definition) is 5. The number of anilines is 1. The van der Waals surface area contributed by atoms with Crippen LogP contribution in [0.3, 0.4) is 0 Å². The molecule has 0 spiro atoms. The molecule has 106 valence electrons. The van der Waals surface area contributed by atoms with Crippen LogP contribution in [0.1, 0.15) is 4.88 Å². The zero-order chi connectivity index (χ0) is 14.8. The molecule has 2 N–H and O–H groups in total. The van der Waals surface area contributed by atoms with Crippen LogP contribution >= 0.6 is 22.9 Å². The van der Waals surface area contributed by atoms with Gasteiger partial charge in [0.05, 0.1) is 11.3 Å². The van der Waals surface area contributed by atoms with Crippen LogP contribution in [0, 0.1) is 0 Å². The van der Waals surface area contributed by atoms with Gasteiger partial charge in [-0.25, -0.2) is 13.4 Å². The summed E-state index contributed by atoms with van der Waals surface area (Å²) in [6.07, 6.45) is 1.13. The van der Waals surface area contributed by atoms with Crippen LogP contribution < -0.4 is 4.72 Å². The minimum Gasteiger partial charge on any atom is -0.481 e. The Bertz CT molecular complexity index is 742. The van der Waals surface area contributed by atoms with Crippen molar-refractivity contribution in [3.05, 3.63) is 40.4 Å². The molecule has 0 saturated heterocycles. The molecule has 0 bridgehead atoms. The molecule has 1 aromatic carbocycles. The Balaban J connectivity index is 2.20. The third-order valence-electron chi connectivity index (χ3n) is 2.21. The number of aliphatic carboxylic acids is 1. The molecule has 0 fully saturated rings. The number of rotatable bonds is 5. The molecular formula is C11H9ClN2O4S2. The normalized spacial score (nSPS) is 11.2. The third-order valence-corrected chi connectivity index (χ3v) is 4.82. The number of benzene rings is 1. The predicted octanol–water partition coefficient (Wildman–Crippen LogP) is 2.22. The maximum Gasteiger partial charge on any atom is 0.308 e. The lowest BCUT2D eigenvalue weighted by Gasteiger charge is -2.04. The van der Waals surface area contributed by atoms with Crippen molar-refractivity contribution in [1.29, 1.82) is 0 Å². The van der Waals surface area contributed by atoms with E-state index in [1.807, 2.05) is 0 Å². The van der Waals surface area contributed by atoms with E-state index in [4.69, 9.17) is 16.7 Å². The smallest absolute Gasteiger partial charge is 0.308 e. The van der Waals surface area contributed by atoms with E-state index in [-0.39, 0.29) is 16.4 Å². The Labute approximate surface area is 124 Å². The minimum absolute atomic E-state index is 0.0139. The third kappa shape index (κ3) is 3.69. The number of nitrogens with zero attached hydrogens (tertiary/aromatic N) is 1. The summed E-state index contributed by atoms with van der Waals surface area (Å²) >= 11 is 6.72. The number of carboxylic acid groups (broad SMARTS) is 1. The highest BCUT2D eigenvalue weighted by Gasteiger charge is 2.17. The Morgan fingerprint density at radius 2 is 2.20 bits per heavy atom. The molecule has 0 radical (unpaired) electrons. The van der Waals surface area contributed by atoms with Crippen LogP contribution in [0.5, 0.6) is 0 Å². The van der Waals surface area contributed by atoms with Crippen molar-refractivity contribution in [3.8, 4) is 0 Å². The predicted molar refractivity (Wildman–Crippen MR) is 75.7 cm³/mol. The number of thiazole rings is 1. The van der Waals surface area contributed by atoms with Gasteiger partial charge in [0, 0.05) is 16.1 Å². The van der Waals surface area contributed by atoms with E-state index < -0.39 is 16.0 Å². The van der Waals surface area contributed by atoms with Crippen molar-refractivity contribution < 1.29 is 18.3 Å². The number of nitrogens with one attached hydrogen (secondary N) is 1. The van der Waals surface area contributed by atoms with Gasteiger partial charge in [-0.1, -0.05) is 17.7 Å².